The minimum absolute atomic E-state index is 0.356. The molecule has 3 nitrogen and oxygen atoms in total. The Morgan fingerprint density at radius 3 is 2.42 bits per heavy atom. The van der Waals surface area contributed by atoms with E-state index in [0.717, 1.165) is 5.32 Å². The van der Waals surface area contributed by atoms with Crippen molar-refractivity contribution in [2.24, 2.45) is 0 Å². The Hall–Kier alpha value is -0.613. The third-order valence-corrected chi connectivity index (χ3v) is 3.47. The molecule has 0 aromatic carbocycles. The minimum atomic E-state index is -1.46. The van der Waals surface area contributed by atoms with Gasteiger partial charge in [-0.1, -0.05) is 31.2 Å². The second kappa shape index (κ2) is 3.03. The predicted octanol–water partition coefficient (Wildman–Crippen LogP) is 1.26. The summed E-state index contributed by atoms with van der Waals surface area (Å²) in [7, 11) is -1.46. The second-order valence-corrected chi connectivity index (χ2v) is 9.04. The van der Waals surface area contributed by atoms with E-state index in [2.05, 4.69) is 29.6 Å². The van der Waals surface area contributed by atoms with Gasteiger partial charge in [0.25, 0.3) is 0 Å². The van der Waals surface area contributed by atoms with Gasteiger partial charge in [0.2, 0.25) is 0 Å². The molecule has 0 unspecified atom stereocenters. The quantitative estimate of drug-likeness (QED) is 0.697. The molecule has 0 fully saturated rings. The SMILES string of the molecule is C[Si](C)(C)c1ncc(Cl)nc1N. The molecule has 1 heterocycles. The Bertz CT molecular complexity index is 295. The molecule has 5 heteroatoms. The van der Waals surface area contributed by atoms with Gasteiger partial charge >= 0.3 is 0 Å². The zero-order valence-electron chi connectivity index (χ0n) is 7.43. The van der Waals surface area contributed by atoms with Gasteiger partial charge in [-0.15, -0.1) is 0 Å². The monoisotopic (exact) mass is 201 g/mol. The molecule has 0 amide bonds. The van der Waals surface area contributed by atoms with Crippen LogP contribution in [0.4, 0.5) is 5.82 Å². The number of hydrogen-bond acceptors (Lipinski definition) is 3. The van der Waals surface area contributed by atoms with Gasteiger partial charge in [-0.3, -0.25) is 4.98 Å². The molecule has 0 aliphatic carbocycles. The van der Waals surface area contributed by atoms with E-state index in [4.69, 9.17) is 17.3 Å². The fourth-order valence-corrected chi connectivity index (χ4v) is 2.37. The van der Waals surface area contributed by atoms with E-state index in [1.807, 2.05) is 0 Å². The maximum absolute atomic E-state index is 5.68. The molecular weight excluding hydrogens is 190 g/mol. The molecule has 0 spiro atoms. The number of aromatic nitrogens is 2. The molecular formula is C7H12ClN3Si. The highest BCUT2D eigenvalue weighted by molar-refractivity contribution is 6.89. The highest BCUT2D eigenvalue weighted by Crippen LogP contribution is 2.07. The van der Waals surface area contributed by atoms with Crippen molar-refractivity contribution >= 4 is 30.8 Å². The van der Waals surface area contributed by atoms with E-state index < -0.39 is 8.07 Å². The highest BCUT2D eigenvalue weighted by Gasteiger charge is 2.21. The lowest BCUT2D eigenvalue weighted by Gasteiger charge is -2.16. The number of halogens is 1. The van der Waals surface area contributed by atoms with Gasteiger partial charge in [0.15, 0.2) is 0 Å². The molecule has 0 aliphatic rings. The average Bonchev–Trinajstić information content (AvgIpc) is 1.83. The van der Waals surface area contributed by atoms with E-state index in [1.54, 1.807) is 6.20 Å². The Labute approximate surface area is 78.0 Å². The van der Waals surface area contributed by atoms with Crippen LogP contribution < -0.4 is 11.1 Å². The summed E-state index contributed by atoms with van der Waals surface area (Å²) in [5.74, 6) is 0.474. The Balaban J connectivity index is 3.19. The number of nitrogen functional groups attached to an aromatic ring is 1. The van der Waals surface area contributed by atoms with Crippen LogP contribution in [-0.4, -0.2) is 18.0 Å². The lowest BCUT2D eigenvalue weighted by atomic mass is 10.7. The molecule has 2 N–H and O–H groups in total. The normalized spacial score (nSPS) is 11.7. The third kappa shape index (κ3) is 1.95. The summed E-state index contributed by atoms with van der Waals surface area (Å²) in [6, 6.07) is 0. The zero-order valence-corrected chi connectivity index (χ0v) is 9.18. The molecule has 0 aliphatic heterocycles. The van der Waals surface area contributed by atoms with E-state index >= 15 is 0 Å². The van der Waals surface area contributed by atoms with Crippen LogP contribution in [0.15, 0.2) is 6.20 Å². The van der Waals surface area contributed by atoms with Crippen LogP contribution in [0.5, 0.6) is 0 Å². The van der Waals surface area contributed by atoms with Gasteiger partial charge < -0.3 is 5.73 Å². The molecule has 66 valence electrons. The van der Waals surface area contributed by atoms with Crippen LogP contribution in [0.2, 0.25) is 24.8 Å². The first kappa shape index (κ1) is 9.47. The standard InChI is InChI=1S/C7H12ClN3Si/c1-12(2,3)7-6(9)11-5(8)4-10-7/h4H,1-3H3,(H2,9,11). The first-order chi connectivity index (χ1) is 5.41. The molecule has 1 aromatic heterocycles. The Morgan fingerprint density at radius 1 is 1.42 bits per heavy atom. The first-order valence-electron chi connectivity index (χ1n) is 3.70. The zero-order chi connectivity index (χ0) is 9.35. The van der Waals surface area contributed by atoms with E-state index in [-0.39, 0.29) is 0 Å². The molecule has 0 saturated heterocycles. The average molecular weight is 202 g/mol. The van der Waals surface area contributed by atoms with Gasteiger partial charge in [-0.05, 0) is 0 Å². The topological polar surface area (TPSA) is 51.8 Å². The predicted molar refractivity (Wildman–Crippen MR) is 54.4 cm³/mol. The van der Waals surface area contributed by atoms with E-state index in [9.17, 15) is 0 Å². The van der Waals surface area contributed by atoms with Crippen molar-refractivity contribution in [1.82, 2.24) is 9.97 Å². The van der Waals surface area contributed by atoms with Crippen LogP contribution in [0.3, 0.4) is 0 Å². The Morgan fingerprint density at radius 2 is 2.00 bits per heavy atom. The van der Waals surface area contributed by atoms with Crippen LogP contribution in [0.1, 0.15) is 0 Å². The van der Waals surface area contributed by atoms with Gasteiger partial charge in [0.05, 0.1) is 11.5 Å². The molecule has 0 saturated carbocycles. The molecule has 12 heavy (non-hydrogen) atoms. The summed E-state index contributed by atoms with van der Waals surface area (Å²) >= 11 is 5.63. The number of nitrogens with zero attached hydrogens (tertiary/aromatic N) is 2. The smallest absolute Gasteiger partial charge is 0.149 e. The summed E-state index contributed by atoms with van der Waals surface area (Å²) in [6.07, 6.45) is 1.55. The highest BCUT2D eigenvalue weighted by atomic mass is 35.5. The summed E-state index contributed by atoms with van der Waals surface area (Å²) in [5.41, 5.74) is 5.68. The van der Waals surface area contributed by atoms with Crippen molar-refractivity contribution in [2.75, 3.05) is 5.73 Å². The summed E-state index contributed by atoms with van der Waals surface area (Å²) in [5, 5.41) is 1.28. The van der Waals surface area contributed by atoms with Crippen molar-refractivity contribution < 1.29 is 0 Å². The lowest BCUT2D eigenvalue weighted by Crippen LogP contribution is -2.42. The van der Waals surface area contributed by atoms with E-state index in [1.165, 1.54) is 0 Å². The van der Waals surface area contributed by atoms with Crippen molar-refractivity contribution in [3.63, 3.8) is 0 Å². The Kier molecular flexibility index (Phi) is 2.39. The number of rotatable bonds is 1. The fourth-order valence-electron chi connectivity index (χ4n) is 0.959. The summed E-state index contributed by atoms with van der Waals surface area (Å²) < 4.78 is 0. The molecule has 0 atom stereocenters. The lowest BCUT2D eigenvalue weighted by molar-refractivity contribution is 1.24. The number of nitrogens with two attached hydrogens (primary N) is 1. The van der Waals surface area contributed by atoms with E-state index in [0.29, 0.717) is 11.0 Å². The minimum Gasteiger partial charge on any atom is -0.382 e. The second-order valence-electron chi connectivity index (χ2n) is 3.68. The molecule has 1 aromatic rings. The van der Waals surface area contributed by atoms with Gasteiger partial charge in [0.1, 0.15) is 19.0 Å². The molecule has 0 bridgehead atoms. The largest absolute Gasteiger partial charge is 0.382 e. The van der Waals surface area contributed by atoms with Crippen LogP contribution >= 0.6 is 11.6 Å². The fraction of sp³-hybridized carbons (Fsp3) is 0.429. The van der Waals surface area contributed by atoms with Crippen molar-refractivity contribution in [3.05, 3.63) is 11.3 Å². The number of hydrogen-bond donors (Lipinski definition) is 1. The van der Waals surface area contributed by atoms with Crippen LogP contribution in [0.25, 0.3) is 0 Å². The van der Waals surface area contributed by atoms with Crippen LogP contribution in [-0.2, 0) is 0 Å². The first-order valence-corrected chi connectivity index (χ1v) is 7.57. The van der Waals surface area contributed by atoms with Gasteiger partial charge in [0, 0.05) is 0 Å². The number of anilines is 1. The van der Waals surface area contributed by atoms with Gasteiger partial charge in [-0.2, -0.15) is 0 Å². The van der Waals surface area contributed by atoms with Crippen molar-refractivity contribution in [1.29, 1.82) is 0 Å². The summed E-state index contributed by atoms with van der Waals surface area (Å²) in [6.45, 7) is 6.50. The maximum Gasteiger partial charge on any atom is 0.149 e. The maximum atomic E-state index is 5.68. The summed E-state index contributed by atoms with van der Waals surface area (Å²) in [4.78, 5) is 8.15. The molecule has 0 radical (unpaired) electrons. The van der Waals surface area contributed by atoms with Gasteiger partial charge in [-0.25, -0.2) is 4.98 Å². The van der Waals surface area contributed by atoms with Crippen molar-refractivity contribution in [3.8, 4) is 0 Å². The third-order valence-electron chi connectivity index (χ3n) is 1.48. The van der Waals surface area contributed by atoms with Crippen LogP contribution in [0, 0.1) is 0 Å². The van der Waals surface area contributed by atoms with Crippen molar-refractivity contribution in [2.45, 2.75) is 19.6 Å². The molecule has 1 rings (SSSR count).